The molecule has 1 unspecified atom stereocenters. The predicted molar refractivity (Wildman–Crippen MR) is 91.7 cm³/mol. The molecule has 1 aliphatic heterocycles. The van der Waals surface area contributed by atoms with Crippen LogP contribution in [0, 0.1) is 5.82 Å². The Balaban J connectivity index is 1.49. The minimum atomic E-state index is -0.128. The molecule has 4 nitrogen and oxygen atoms in total. The lowest BCUT2D eigenvalue weighted by Crippen LogP contribution is -2.20. The lowest BCUT2D eigenvalue weighted by atomic mass is 10.1. The zero-order valence-corrected chi connectivity index (χ0v) is 13.6. The third kappa shape index (κ3) is 2.87. The Morgan fingerprint density at radius 3 is 3.00 bits per heavy atom. The van der Waals surface area contributed by atoms with E-state index in [1.54, 1.807) is 13.2 Å². The van der Waals surface area contributed by atoms with Crippen LogP contribution in [0.5, 0.6) is 5.75 Å². The van der Waals surface area contributed by atoms with E-state index in [1.807, 2.05) is 30.3 Å². The molecule has 1 saturated heterocycles. The average Bonchev–Trinajstić information content (AvgIpc) is 3.22. The summed E-state index contributed by atoms with van der Waals surface area (Å²) in [5, 5.41) is 0. The number of rotatable bonds is 4. The molecule has 4 rings (SSSR count). The van der Waals surface area contributed by atoms with Gasteiger partial charge in [-0.25, -0.2) is 9.37 Å². The van der Waals surface area contributed by atoms with Crippen molar-refractivity contribution in [3.05, 3.63) is 59.7 Å². The number of benzene rings is 2. The standard InChI is InChI=1S/C19H20FN3O/c1-24-15-6-7-17-18(10-15)22-19(21-17)14-8-9-23(12-14)11-13-4-2-3-5-16(13)20/h2-7,10,14H,8-9,11-12H2,1H3,(H,21,22). The zero-order valence-electron chi connectivity index (χ0n) is 13.6. The van der Waals surface area contributed by atoms with Crippen LogP contribution in [-0.4, -0.2) is 35.1 Å². The van der Waals surface area contributed by atoms with Crippen LogP contribution >= 0.6 is 0 Å². The number of H-pyrrole nitrogens is 1. The van der Waals surface area contributed by atoms with Crippen molar-refractivity contribution in [2.24, 2.45) is 0 Å². The van der Waals surface area contributed by atoms with Crippen LogP contribution < -0.4 is 4.74 Å². The van der Waals surface area contributed by atoms with Gasteiger partial charge in [0, 0.05) is 30.6 Å². The second-order valence-electron chi connectivity index (χ2n) is 6.32. The lowest BCUT2D eigenvalue weighted by Gasteiger charge is -2.15. The van der Waals surface area contributed by atoms with E-state index in [-0.39, 0.29) is 5.82 Å². The van der Waals surface area contributed by atoms with E-state index >= 15 is 0 Å². The van der Waals surface area contributed by atoms with E-state index in [4.69, 9.17) is 9.72 Å². The Labute approximate surface area is 140 Å². The topological polar surface area (TPSA) is 41.1 Å². The van der Waals surface area contributed by atoms with Gasteiger partial charge in [-0.15, -0.1) is 0 Å². The van der Waals surface area contributed by atoms with Crippen LogP contribution in [-0.2, 0) is 6.54 Å². The fourth-order valence-electron chi connectivity index (χ4n) is 3.40. The summed E-state index contributed by atoms with van der Waals surface area (Å²) in [6.45, 7) is 2.50. The van der Waals surface area contributed by atoms with Crippen molar-refractivity contribution >= 4 is 11.0 Å². The van der Waals surface area contributed by atoms with E-state index in [9.17, 15) is 4.39 Å². The SMILES string of the molecule is COc1ccc2nc(C3CCN(Cc4ccccc4F)C3)[nH]c2c1. The van der Waals surface area contributed by atoms with Gasteiger partial charge in [0.25, 0.3) is 0 Å². The van der Waals surface area contributed by atoms with Crippen molar-refractivity contribution in [3.8, 4) is 5.75 Å². The highest BCUT2D eigenvalue weighted by atomic mass is 19.1. The molecular weight excluding hydrogens is 305 g/mol. The molecule has 0 saturated carbocycles. The number of ether oxygens (including phenoxy) is 1. The second kappa shape index (κ2) is 6.24. The number of nitrogens with one attached hydrogen (secondary N) is 1. The molecule has 0 amide bonds. The van der Waals surface area contributed by atoms with Crippen LogP contribution in [0.4, 0.5) is 4.39 Å². The van der Waals surface area contributed by atoms with Crippen molar-refractivity contribution in [1.29, 1.82) is 0 Å². The Morgan fingerprint density at radius 1 is 1.29 bits per heavy atom. The molecule has 1 fully saturated rings. The summed E-state index contributed by atoms with van der Waals surface area (Å²) >= 11 is 0. The highest BCUT2D eigenvalue weighted by molar-refractivity contribution is 5.76. The van der Waals surface area contributed by atoms with E-state index in [0.29, 0.717) is 12.5 Å². The van der Waals surface area contributed by atoms with Crippen LogP contribution in [0.2, 0.25) is 0 Å². The number of hydrogen-bond acceptors (Lipinski definition) is 3. The smallest absolute Gasteiger partial charge is 0.127 e. The van der Waals surface area contributed by atoms with E-state index in [0.717, 1.165) is 47.7 Å². The van der Waals surface area contributed by atoms with Crippen LogP contribution in [0.25, 0.3) is 11.0 Å². The first-order valence-electron chi connectivity index (χ1n) is 8.22. The first-order chi connectivity index (χ1) is 11.7. The van der Waals surface area contributed by atoms with Gasteiger partial charge in [-0.3, -0.25) is 4.90 Å². The summed E-state index contributed by atoms with van der Waals surface area (Å²) in [6.07, 6.45) is 1.03. The minimum absolute atomic E-state index is 0.128. The average molecular weight is 325 g/mol. The quantitative estimate of drug-likeness (QED) is 0.795. The molecule has 0 radical (unpaired) electrons. The Morgan fingerprint density at radius 2 is 2.17 bits per heavy atom. The normalized spacial score (nSPS) is 18.3. The van der Waals surface area contributed by atoms with Crippen molar-refractivity contribution in [1.82, 2.24) is 14.9 Å². The number of likely N-dealkylation sites (tertiary alicyclic amines) is 1. The molecule has 2 heterocycles. The third-order valence-corrected chi connectivity index (χ3v) is 4.72. The Bertz CT molecular complexity index is 861. The summed E-state index contributed by atoms with van der Waals surface area (Å²) in [5.74, 6) is 2.06. The second-order valence-corrected chi connectivity index (χ2v) is 6.32. The number of fused-ring (bicyclic) bond motifs is 1. The highest BCUT2D eigenvalue weighted by Gasteiger charge is 2.26. The van der Waals surface area contributed by atoms with Gasteiger partial charge >= 0.3 is 0 Å². The molecule has 124 valence electrons. The molecule has 1 N–H and O–H groups in total. The van der Waals surface area contributed by atoms with Crippen LogP contribution in [0.3, 0.4) is 0 Å². The molecule has 0 bridgehead atoms. The van der Waals surface area contributed by atoms with Gasteiger partial charge in [-0.05, 0) is 31.2 Å². The van der Waals surface area contributed by atoms with Gasteiger partial charge in [0.15, 0.2) is 0 Å². The van der Waals surface area contributed by atoms with Crippen molar-refractivity contribution in [2.45, 2.75) is 18.9 Å². The maximum absolute atomic E-state index is 13.8. The van der Waals surface area contributed by atoms with Crippen molar-refractivity contribution in [3.63, 3.8) is 0 Å². The summed E-state index contributed by atoms with van der Waals surface area (Å²) in [5.41, 5.74) is 2.71. The minimum Gasteiger partial charge on any atom is -0.497 e. The molecule has 0 spiro atoms. The van der Waals surface area contributed by atoms with E-state index in [2.05, 4.69) is 9.88 Å². The number of methoxy groups -OCH3 is 1. The highest BCUT2D eigenvalue weighted by Crippen LogP contribution is 2.29. The van der Waals surface area contributed by atoms with Crippen LogP contribution in [0.15, 0.2) is 42.5 Å². The molecule has 1 aromatic heterocycles. The van der Waals surface area contributed by atoms with Crippen LogP contribution in [0.1, 0.15) is 23.7 Å². The zero-order chi connectivity index (χ0) is 16.5. The molecule has 0 aliphatic carbocycles. The summed E-state index contributed by atoms with van der Waals surface area (Å²) in [6, 6.07) is 12.9. The predicted octanol–water partition coefficient (Wildman–Crippen LogP) is 3.70. The largest absolute Gasteiger partial charge is 0.497 e. The molecule has 1 atom stereocenters. The molecular formula is C19H20FN3O. The van der Waals surface area contributed by atoms with E-state index in [1.165, 1.54) is 6.07 Å². The number of aromatic nitrogens is 2. The summed E-state index contributed by atoms with van der Waals surface area (Å²) in [4.78, 5) is 10.4. The third-order valence-electron chi connectivity index (χ3n) is 4.72. The molecule has 5 heteroatoms. The Hall–Kier alpha value is -2.40. The van der Waals surface area contributed by atoms with Gasteiger partial charge in [-0.1, -0.05) is 18.2 Å². The number of hydrogen-bond donors (Lipinski definition) is 1. The molecule has 1 aliphatic rings. The fourth-order valence-corrected chi connectivity index (χ4v) is 3.40. The van der Waals surface area contributed by atoms with Gasteiger partial charge < -0.3 is 9.72 Å². The first kappa shape index (κ1) is 15.1. The maximum Gasteiger partial charge on any atom is 0.127 e. The number of nitrogens with zero attached hydrogens (tertiary/aromatic N) is 2. The van der Waals surface area contributed by atoms with Crippen molar-refractivity contribution < 1.29 is 9.13 Å². The fraction of sp³-hybridized carbons (Fsp3) is 0.316. The number of aromatic amines is 1. The van der Waals surface area contributed by atoms with Crippen molar-refractivity contribution in [2.75, 3.05) is 20.2 Å². The molecule has 2 aromatic carbocycles. The Kier molecular flexibility index (Phi) is 3.94. The first-order valence-corrected chi connectivity index (χ1v) is 8.22. The maximum atomic E-state index is 13.8. The van der Waals surface area contributed by atoms with Gasteiger partial charge in [0.05, 0.1) is 18.1 Å². The summed E-state index contributed by atoms with van der Waals surface area (Å²) < 4.78 is 19.1. The monoisotopic (exact) mass is 325 g/mol. The number of halogens is 1. The lowest BCUT2D eigenvalue weighted by molar-refractivity contribution is 0.320. The molecule has 24 heavy (non-hydrogen) atoms. The van der Waals surface area contributed by atoms with Gasteiger partial charge in [0.2, 0.25) is 0 Å². The number of imidazole rings is 1. The summed E-state index contributed by atoms with van der Waals surface area (Å²) in [7, 11) is 1.66. The molecule has 3 aromatic rings. The van der Waals surface area contributed by atoms with Gasteiger partial charge in [0.1, 0.15) is 17.4 Å². The van der Waals surface area contributed by atoms with Gasteiger partial charge in [-0.2, -0.15) is 0 Å². The van der Waals surface area contributed by atoms with E-state index < -0.39 is 0 Å².